The first-order valence-electron chi connectivity index (χ1n) is 7.50. The standard InChI is InChI=1S/C15H10Cl2N6O2S2/c16-10-5-4-9(6-11(10)17)7-23-8-18-15(19-23)22-27(24,25)13-3-1-2-12-14(13)21-26-20-12/h1-6,8H,7H2,(H,19,22). The molecule has 12 heteroatoms. The molecule has 0 atom stereocenters. The molecule has 27 heavy (non-hydrogen) atoms. The molecule has 8 nitrogen and oxygen atoms in total. The monoisotopic (exact) mass is 440 g/mol. The number of hydrogen-bond donors (Lipinski definition) is 1. The molecule has 2 aromatic heterocycles. The van der Waals surface area contributed by atoms with Gasteiger partial charge in [-0.3, -0.25) is 0 Å². The Labute approximate surface area is 168 Å². The number of sulfonamides is 1. The maximum absolute atomic E-state index is 12.7. The molecule has 1 N–H and O–H groups in total. The highest BCUT2D eigenvalue weighted by atomic mass is 35.5. The lowest BCUT2D eigenvalue weighted by atomic mass is 10.2. The molecule has 0 bridgehead atoms. The summed E-state index contributed by atoms with van der Waals surface area (Å²) in [4.78, 5) is 4.02. The van der Waals surface area contributed by atoms with Crippen molar-refractivity contribution in [3.8, 4) is 0 Å². The van der Waals surface area contributed by atoms with Crippen LogP contribution in [0.3, 0.4) is 0 Å². The van der Waals surface area contributed by atoms with Crippen LogP contribution in [0.1, 0.15) is 5.56 Å². The van der Waals surface area contributed by atoms with E-state index in [4.69, 9.17) is 23.2 Å². The van der Waals surface area contributed by atoms with E-state index in [1.54, 1.807) is 30.3 Å². The molecule has 0 aliphatic rings. The summed E-state index contributed by atoms with van der Waals surface area (Å²) in [6.45, 7) is 0.358. The third kappa shape index (κ3) is 3.74. The van der Waals surface area contributed by atoms with E-state index in [9.17, 15) is 8.42 Å². The lowest BCUT2D eigenvalue weighted by molar-refractivity contribution is 0.601. The second kappa shape index (κ2) is 7.04. The molecule has 0 fully saturated rings. The third-order valence-electron chi connectivity index (χ3n) is 3.63. The van der Waals surface area contributed by atoms with Crippen LogP contribution < -0.4 is 4.72 Å². The summed E-state index contributed by atoms with van der Waals surface area (Å²) in [6, 6.07) is 9.96. The number of benzene rings is 2. The quantitative estimate of drug-likeness (QED) is 0.509. The molecule has 138 valence electrons. The van der Waals surface area contributed by atoms with Gasteiger partial charge in [-0.05, 0) is 29.8 Å². The smallest absolute Gasteiger partial charge is 0.246 e. The molecule has 0 unspecified atom stereocenters. The minimum absolute atomic E-state index is 0.0228. The van der Waals surface area contributed by atoms with Crippen LogP contribution in [0, 0.1) is 0 Å². The molecule has 4 aromatic rings. The molecule has 4 rings (SSSR count). The van der Waals surface area contributed by atoms with Gasteiger partial charge in [0.05, 0.1) is 28.3 Å². The van der Waals surface area contributed by atoms with Gasteiger partial charge in [-0.25, -0.2) is 17.8 Å². The van der Waals surface area contributed by atoms with E-state index in [-0.39, 0.29) is 10.8 Å². The van der Waals surface area contributed by atoms with Gasteiger partial charge >= 0.3 is 0 Å². The Balaban J connectivity index is 1.56. The van der Waals surface area contributed by atoms with Gasteiger partial charge in [-0.2, -0.15) is 13.7 Å². The summed E-state index contributed by atoms with van der Waals surface area (Å²) in [7, 11) is -3.90. The van der Waals surface area contributed by atoms with E-state index in [2.05, 4.69) is 23.6 Å². The molecule has 0 amide bonds. The first-order valence-corrected chi connectivity index (χ1v) is 10.5. The highest BCUT2D eigenvalue weighted by molar-refractivity contribution is 7.93. The van der Waals surface area contributed by atoms with Crippen LogP contribution in [0.25, 0.3) is 11.0 Å². The number of fused-ring (bicyclic) bond motifs is 1. The van der Waals surface area contributed by atoms with Crippen LogP contribution in [-0.2, 0) is 16.6 Å². The van der Waals surface area contributed by atoms with Gasteiger partial charge in [0, 0.05) is 0 Å². The van der Waals surface area contributed by atoms with Gasteiger partial charge in [0.15, 0.2) is 0 Å². The summed E-state index contributed by atoms with van der Waals surface area (Å²) in [5.41, 5.74) is 1.67. The molecule has 0 aliphatic carbocycles. The fourth-order valence-electron chi connectivity index (χ4n) is 2.42. The lowest BCUT2D eigenvalue weighted by Gasteiger charge is -2.05. The molecular weight excluding hydrogens is 431 g/mol. The zero-order valence-corrected chi connectivity index (χ0v) is 16.5. The minimum Gasteiger partial charge on any atom is -0.246 e. The molecular formula is C15H10Cl2N6O2S2. The van der Waals surface area contributed by atoms with Gasteiger partial charge in [-0.15, -0.1) is 5.10 Å². The highest BCUT2D eigenvalue weighted by Crippen LogP contribution is 2.24. The maximum Gasteiger partial charge on any atom is 0.266 e. The van der Waals surface area contributed by atoms with Crippen molar-refractivity contribution in [3.05, 3.63) is 58.3 Å². The molecule has 0 spiro atoms. The predicted octanol–water partition coefficient (Wildman–Crippen LogP) is 3.44. The van der Waals surface area contributed by atoms with Crippen LogP contribution in [0.4, 0.5) is 5.95 Å². The Morgan fingerprint density at radius 1 is 1.11 bits per heavy atom. The van der Waals surface area contributed by atoms with Gasteiger partial charge in [0.2, 0.25) is 0 Å². The lowest BCUT2D eigenvalue weighted by Crippen LogP contribution is -2.15. The summed E-state index contributed by atoms with van der Waals surface area (Å²) in [6.07, 6.45) is 1.42. The van der Waals surface area contributed by atoms with Crippen molar-refractivity contribution >= 4 is 61.9 Å². The summed E-state index contributed by atoms with van der Waals surface area (Å²) >= 11 is 12.8. The van der Waals surface area contributed by atoms with E-state index in [0.717, 1.165) is 17.3 Å². The van der Waals surface area contributed by atoms with Gasteiger partial charge in [0.1, 0.15) is 22.3 Å². The number of halogens is 2. The van der Waals surface area contributed by atoms with Crippen molar-refractivity contribution in [2.45, 2.75) is 11.4 Å². The Kier molecular flexibility index (Phi) is 4.72. The van der Waals surface area contributed by atoms with Gasteiger partial charge in [0.25, 0.3) is 16.0 Å². The summed E-state index contributed by atoms with van der Waals surface area (Å²) in [5, 5.41) is 5.03. The normalized spacial score (nSPS) is 11.8. The molecule has 0 saturated carbocycles. The van der Waals surface area contributed by atoms with Crippen molar-refractivity contribution in [1.29, 1.82) is 0 Å². The topological polar surface area (TPSA) is 103 Å². The minimum atomic E-state index is -3.90. The second-order valence-electron chi connectivity index (χ2n) is 5.51. The van der Waals surface area contributed by atoms with E-state index in [0.29, 0.717) is 27.6 Å². The van der Waals surface area contributed by atoms with Crippen molar-refractivity contribution in [3.63, 3.8) is 0 Å². The Morgan fingerprint density at radius 2 is 1.96 bits per heavy atom. The van der Waals surface area contributed by atoms with Crippen molar-refractivity contribution in [2.75, 3.05) is 4.72 Å². The Bertz CT molecular complexity index is 1240. The Hall–Kier alpha value is -2.27. The van der Waals surface area contributed by atoms with Crippen molar-refractivity contribution in [2.24, 2.45) is 0 Å². The summed E-state index contributed by atoms with van der Waals surface area (Å²) < 4.78 is 37.3. The van der Waals surface area contributed by atoms with Crippen LogP contribution in [0.5, 0.6) is 0 Å². The zero-order valence-electron chi connectivity index (χ0n) is 13.4. The summed E-state index contributed by atoms with van der Waals surface area (Å²) in [5.74, 6) is -0.0461. The van der Waals surface area contributed by atoms with E-state index in [1.165, 1.54) is 17.1 Å². The fraction of sp³-hybridized carbons (Fsp3) is 0.0667. The number of nitrogens with zero attached hydrogens (tertiary/aromatic N) is 5. The predicted molar refractivity (Wildman–Crippen MR) is 104 cm³/mol. The van der Waals surface area contributed by atoms with Crippen LogP contribution in [0.15, 0.2) is 47.6 Å². The number of anilines is 1. The van der Waals surface area contributed by atoms with E-state index < -0.39 is 10.0 Å². The average molecular weight is 441 g/mol. The van der Waals surface area contributed by atoms with Crippen LogP contribution >= 0.6 is 34.9 Å². The van der Waals surface area contributed by atoms with Crippen molar-refractivity contribution < 1.29 is 8.42 Å². The second-order valence-corrected chi connectivity index (χ2v) is 8.50. The number of nitrogens with one attached hydrogen (secondary N) is 1. The SMILES string of the molecule is O=S(=O)(Nc1ncn(Cc2ccc(Cl)c(Cl)c2)n1)c1cccc2nsnc12. The molecule has 2 heterocycles. The molecule has 2 aromatic carbocycles. The maximum atomic E-state index is 12.7. The van der Waals surface area contributed by atoms with Crippen LogP contribution in [0.2, 0.25) is 10.0 Å². The first kappa shape index (κ1) is 18.1. The molecule has 0 aliphatic heterocycles. The van der Waals surface area contributed by atoms with Gasteiger partial charge in [-0.1, -0.05) is 35.3 Å². The Morgan fingerprint density at radius 3 is 2.78 bits per heavy atom. The number of hydrogen-bond acceptors (Lipinski definition) is 7. The third-order valence-corrected chi connectivity index (χ3v) is 6.27. The van der Waals surface area contributed by atoms with Gasteiger partial charge < -0.3 is 0 Å². The zero-order chi connectivity index (χ0) is 19.0. The average Bonchev–Trinajstić information content (AvgIpc) is 3.26. The van der Waals surface area contributed by atoms with Crippen LogP contribution in [-0.4, -0.2) is 31.9 Å². The highest BCUT2D eigenvalue weighted by Gasteiger charge is 2.21. The molecule has 0 saturated heterocycles. The number of aromatic nitrogens is 5. The van der Waals surface area contributed by atoms with E-state index in [1.807, 2.05) is 0 Å². The van der Waals surface area contributed by atoms with E-state index >= 15 is 0 Å². The largest absolute Gasteiger partial charge is 0.266 e. The molecule has 0 radical (unpaired) electrons. The fourth-order valence-corrected chi connectivity index (χ4v) is 4.45. The first-order chi connectivity index (χ1) is 12.9. The van der Waals surface area contributed by atoms with Crippen molar-refractivity contribution in [1.82, 2.24) is 23.5 Å². The number of rotatable bonds is 5.